The molecule has 3 fully saturated rings. The van der Waals surface area contributed by atoms with Crippen LogP contribution in [0, 0.1) is 0 Å². The van der Waals surface area contributed by atoms with Gasteiger partial charge in [0.2, 0.25) is 5.92 Å². The van der Waals surface area contributed by atoms with Gasteiger partial charge in [0, 0.05) is 54.0 Å². The molecule has 1 N–H and O–H groups in total. The van der Waals surface area contributed by atoms with Gasteiger partial charge in [0.05, 0.1) is 12.7 Å². The molecule has 1 saturated heterocycles. The zero-order valence-electron chi connectivity index (χ0n) is 21.4. The molecule has 1 aliphatic heterocycles. The summed E-state index contributed by atoms with van der Waals surface area (Å²) in [6, 6.07) is 9.74. The number of H-pyrrole nitrogens is 1. The van der Waals surface area contributed by atoms with E-state index in [0.717, 1.165) is 49.1 Å². The smallest absolute Gasteiger partial charge is 0.279 e. The standard InChI is InChI=1S/C29H32F2N6O/c30-29(31)17-28(18-29,19-36-12-9-32-34-36)21-5-4-6-23(13-21)37-16-25(20-7-8-20)24-14-22(33-26(24)27(37)38)15-35-10-2-1-3-11-35/h4-6,9,12-14,16,20,33H,1-3,7-8,10-11,15,17-19H2. The number of halogens is 2. The third-order valence-electron chi connectivity index (χ3n) is 8.61. The molecule has 7 rings (SSSR count). The van der Waals surface area contributed by atoms with E-state index in [9.17, 15) is 13.6 Å². The van der Waals surface area contributed by atoms with E-state index in [0.29, 0.717) is 23.7 Å². The summed E-state index contributed by atoms with van der Waals surface area (Å²) >= 11 is 0. The first kappa shape index (κ1) is 23.8. The van der Waals surface area contributed by atoms with E-state index in [1.165, 1.54) is 24.8 Å². The molecule has 0 atom stereocenters. The number of benzene rings is 1. The van der Waals surface area contributed by atoms with Crippen molar-refractivity contribution in [3.63, 3.8) is 0 Å². The Kier molecular flexibility index (Phi) is 5.54. The fourth-order valence-corrected chi connectivity index (χ4v) is 6.61. The highest BCUT2D eigenvalue weighted by Gasteiger charge is 2.57. The number of hydrogen-bond acceptors (Lipinski definition) is 4. The number of likely N-dealkylation sites (tertiary alicyclic amines) is 1. The van der Waals surface area contributed by atoms with Crippen LogP contribution in [0.4, 0.5) is 8.78 Å². The van der Waals surface area contributed by atoms with Crippen molar-refractivity contribution in [2.75, 3.05) is 13.1 Å². The second kappa shape index (κ2) is 8.86. The molecule has 0 spiro atoms. The molecule has 38 heavy (non-hydrogen) atoms. The van der Waals surface area contributed by atoms with Gasteiger partial charge in [-0.15, -0.1) is 5.10 Å². The molecule has 0 unspecified atom stereocenters. The number of rotatable bonds is 7. The van der Waals surface area contributed by atoms with Crippen molar-refractivity contribution < 1.29 is 8.78 Å². The number of aromatic nitrogens is 5. The molecule has 4 heterocycles. The van der Waals surface area contributed by atoms with Crippen molar-refractivity contribution in [2.24, 2.45) is 0 Å². The lowest BCUT2D eigenvalue weighted by molar-refractivity contribution is -0.132. The molecule has 0 bridgehead atoms. The Morgan fingerprint density at radius 3 is 2.61 bits per heavy atom. The van der Waals surface area contributed by atoms with Crippen molar-refractivity contribution in [3.8, 4) is 5.69 Å². The van der Waals surface area contributed by atoms with Gasteiger partial charge in [-0.05, 0) is 74.0 Å². The average molecular weight is 519 g/mol. The van der Waals surface area contributed by atoms with Gasteiger partial charge >= 0.3 is 0 Å². The quantitative estimate of drug-likeness (QED) is 0.368. The minimum absolute atomic E-state index is 0.101. The first-order valence-electron chi connectivity index (χ1n) is 13.7. The average Bonchev–Trinajstić information content (AvgIpc) is 3.44. The largest absolute Gasteiger partial charge is 0.353 e. The third kappa shape index (κ3) is 4.26. The summed E-state index contributed by atoms with van der Waals surface area (Å²) in [6.07, 6.45) is 10.7. The minimum Gasteiger partial charge on any atom is -0.353 e. The van der Waals surface area contributed by atoms with Gasteiger partial charge < -0.3 is 4.98 Å². The van der Waals surface area contributed by atoms with E-state index in [4.69, 9.17) is 0 Å². The number of fused-ring (bicyclic) bond motifs is 1. The van der Waals surface area contributed by atoms with Gasteiger partial charge in [0.1, 0.15) is 5.52 Å². The SMILES string of the molecule is O=c1c2[nH]c(CN3CCCCC3)cc2c(C2CC2)cn1-c1cccc(C2(Cn3ccnn3)CC(F)(F)C2)c1. The van der Waals surface area contributed by atoms with Gasteiger partial charge in [-0.1, -0.05) is 23.8 Å². The summed E-state index contributed by atoms with van der Waals surface area (Å²) in [5, 5.41) is 8.90. The maximum absolute atomic E-state index is 14.2. The van der Waals surface area contributed by atoms with E-state index in [-0.39, 0.29) is 18.4 Å². The zero-order chi connectivity index (χ0) is 25.9. The Hall–Kier alpha value is -3.33. The van der Waals surface area contributed by atoms with Crippen LogP contribution in [0.1, 0.15) is 67.7 Å². The van der Waals surface area contributed by atoms with E-state index in [1.807, 2.05) is 30.5 Å². The highest BCUT2D eigenvalue weighted by molar-refractivity contribution is 5.84. The van der Waals surface area contributed by atoms with E-state index < -0.39 is 11.3 Å². The molecule has 3 aliphatic rings. The van der Waals surface area contributed by atoms with Crippen molar-refractivity contribution in [1.29, 1.82) is 0 Å². The fraction of sp³-hybridized carbons (Fsp3) is 0.483. The summed E-state index contributed by atoms with van der Waals surface area (Å²) in [5.74, 6) is -2.25. The molecular formula is C29H32F2N6O. The van der Waals surface area contributed by atoms with E-state index >= 15 is 0 Å². The Morgan fingerprint density at radius 1 is 1.08 bits per heavy atom. The van der Waals surface area contributed by atoms with Crippen LogP contribution in [0.25, 0.3) is 16.6 Å². The highest BCUT2D eigenvalue weighted by Crippen LogP contribution is 2.54. The second-order valence-corrected chi connectivity index (χ2v) is 11.6. The third-order valence-corrected chi connectivity index (χ3v) is 8.61. The number of hydrogen-bond donors (Lipinski definition) is 1. The number of nitrogens with one attached hydrogen (secondary N) is 1. The fourth-order valence-electron chi connectivity index (χ4n) is 6.61. The summed E-state index contributed by atoms with van der Waals surface area (Å²) in [7, 11) is 0. The second-order valence-electron chi connectivity index (χ2n) is 11.6. The van der Waals surface area contributed by atoms with Gasteiger partial charge in [0.15, 0.2) is 0 Å². The first-order chi connectivity index (χ1) is 18.4. The number of aromatic amines is 1. The van der Waals surface area contributed by atoms with Crippen LogP contribution < -0.4 is 5.56 Å². The molecule has 3 aromatic heterocycles. The van der Waals surface area contributed by atoms with Crippen LogP contribution >= 0.6 is 0 Å². The van der Waals surface area contributed by atoms with Gasteiger partial charge in [-0.3, -0.25) is 18.9 Å². The van der Waals surface area contributed by atoms with Gasteiger partial charge in [-0.2, -0.15) is 0 Å². The van der Waals surface area contributed by atoms with Gasteiger partial charge in [-0.25, -0.2) is 8.78 Å². The summed E-state index contributed by atoms with van der Waals surface area (Å²) in [6.45, 7) is 3.34. The summed E-state index contributed by atoms with van der Waals surface area (Å²) < 4.78 is 31.8. The molecule has 4 aromatic rings. The molecule has 9 heteroatoms. The molecule has 7 nitrogen and oxygen atoms in total. The molecule has 2 saturated carbocycles. The Bertz CT molecular complexity index is 1520. The maximum atomic E-state index is 14.2. The molecular weight excluding hydrogens is 486 g/mol. The zero-order valence-corrected chi connectivity index (χ0v) is 21.4. The van der Waals surface area contributed by atoms with Crippen molar-refractivity contribution >= 4 is 10.9 Å². The lowest BCUT2D eigenvalue weighted by Gasteiger charge is -2.47. The molecule has 2 aliphatic carbocycles. The molecule has 0 radical (unpaired) electrons. The molecule has 198 valence electrons. The van der Waals surface area contributed by atoms with Crippen molar-refractivity contribution in [1.82, 2.24) is 29.4 Å². The van der Waals surface area contributed by atoms with Gasteiger partial charge in [0.25, 0.3) is 5.56 Å². The van der Waals surface area contributed by atoms with Crippen LogP contribution in [-0.2, 0) is 18.5 Å². The lowest BCUT2D eigenvalue weighted by Crippen LogP contribution is -2.52. The highest BCUT2D eigenvalue weighted by atomic mass is 19.3. The maximum Gasteiger partial charge on any atom is 0.279 e. The monoisotopic (exact) mass is 518 g/mol. The Balaban J connectivity index is 1.28. The van der Waals surface area contributed by atoms with Crippen LogP contribution in [0.3, 0.4) is 0 Å². The lowest BCUT2D eigenvalue weighted by atomic mass is 9.62. The molecule has 0 amide bonds. The van der Waals surface area contributed by atoms with Crippen molar-refractivity contribution in [2.45, 2.75) is 75.3 Å². The summed E-state index contributed by atoms with van der Waals surface area (Å²) in [4.78, 5) is 19.7. The Morgan fingerprint density at radius 2 is 1.89 bits per heavy atom. The van der Waals surface area contributed by atoms with E-state index in [1.54, 1.807) is 21.6 Å². The van der Waals surface area contributed by atoms with E-state index in [2.05, 4.69) is 26.3 Å². The number of alkyl halides is 2. The van der Waals surface area contributed by atoms with Crippen LogP contribution in [-0.4, -0.2) is 48.5 Å². The van der Waals surface area contributed by atoms with Crippen LogP contribution in [0.5, 0.6) is 0 Å². The predicted molar refractivity (Wildman–Crippen MR) is 141 cm³/mol. The number of nitrogens with zero attached hydrogens (tertiary/aromatic N) is 5. The topological polar surface area (TPSA) is 71.7 Å². The number of pyridine rings is 1. The van der Waals surface area contributed by atoms with Crippen LogP contribution in [0.15, 0.2) is 53.7 Å². The van der Waals surface area contributed by atoms with Crippen LogP contribution in [0.2, 0.25) is 0 Å². The summed E-state index contributed by atoms with van der Waals surface area (Å²) in [5.41, 5.74) is 3.56. The molecule has 1 aromatic carbocycles. The number of piperidine rings is 1. The predicted octanol–water partition coefficient (Wildman–Crippen LogP) is 5.14. The van der Waals surface area contributed by atoms with Crippen molar-refractivity contribution in [3.05, 3.63) is 76.1 Å². The first-order valence-corrected chi connectivity index (χ1v) is 13.7. The minimum atomic E-state index is -2.71. The normalized spacial score (nSPS) is 21.0. The Labute approximate surface area is 219 Å².